The standard InChI is InChI=1S/C15H15BrClNO.ClH/c16-13-7-6-11(17)9-12(13)15(18)14(19)8-10-4-2-1-3-5-10;/h1-7,9,14-15,19H,8,18H2;1H/t14-,15+;/m0./s1. The molecule has 0 spiro atoms. The van der Waals surface area contributed by atoms with Crippen molar-refractivity contribution in [1.82, 2.24) is 0 Å². The molecule has 0 aliphatic heterocycles. The number of nitrogens with two attached hydrogens (primary N) is 1. The lowest BCUT2D eigenvalue weighted by Gasteiger charge is -2.20. The van der Waals surface area contributed by atoms with Crippen molar-refractivity contribution in [3.63, 3.8) is 0 Å². The average molecular weight is 377 g/mol. The molecule has 5 heteroatoms. The van der Waals surface area contributed by atoms with Gasteiger partial charge in [-0.25, -0.2) is 0 Å². The van der Waals surface area contributed by atoms with Gasteiger partial charge in [-0.05, 0) is 29.3 Å². The Kier molecular flexibility index (Phi) is 7.00. The SMILES string of the molecule is Cl.N[C@H](c1cc(Cl)ccc1Br)[C@@H](O)Cc1ccccc1. The van der Waals surface area contributed by atoms with Gasteiger partial charge in [0.2, 0.25) is 0 Å². The van der Waals surface area contributed by atoms with E-state index in [0.717, 1.165) is 15.6 Å². The molecule has 0 unspecified atom stereocenters. The van der Waals surface area contributed by atoms with E-state index in [0.29, 0.717) is 11.4 Å². The van der Waals surface area contributed by atoms with Crippen LogP contribution in [-0.2, 0) is 6.42 Å². The van der Waals surface area contributed by atoms with E-state index in [1.165, 1.54) is 0 Å². The first-order valence-corrected chi connectivity index (χ1v) is 7.17. The Morgan fingerprint density at radius 1 is 1.15 bits per heavy atom. The molecule has 0 fully saturated rings. The second-order valence-corrected chi connectivity index (χ2v) is 5.74. The van der Waals surface area contributed by atoms with Crippen molar-refractivity contribution < 1.29 is 5.11 Å². The minimum atomic E-state index is -0.655. The second kappa shape index (κ2) is 8.01. The van der Waals surface area contributed by atoms with Crippen LogP contribution in [0.3, 0.4) is 0 Å². The smallest absolute Gasteiger partial charge is 0.0773 e. The van der Waals surface area contributed by atoms with E-state index in [1.807, 2.05) is 36.4 Å². The Morgan fingerprint density at radius 3 is 2.45 bits per heavy atom. The lowest BCUT2D eigenvalue weighted by atomic mass is 9.97. The van der Waals surface area contributed by atoms with Gasteiger partial charge in [-0.15, -0.1) is 12.4 Å². The van der Waals surface area contributed by atoms with Gasteiger partial charge in [0.1, 0.15) is 0 Å². The summed E-state index contributed by atoms with van der Waals surface area (Å²) in [5, 5.41) is 10.9. The minimum Gasteiger partial charge on any atom is -0.391 e. The zero-order valence-corrected chi connectivity index (χ0v) is 13.8. The highest BCUT2D eigenvalue weighted by molar-refractivity contribution is 9.10. The molecule has 2 aromatic rings. The molecule has 108 valence electrons. The molecule has 2 nitrogen and oxygen atoms in total. The molecule has 2 rings (SSSR count). The number of benzene rings is 2. The molecule has 0 saturated heterocycles. The summed E-state index contributed by atoms with van der Waals surface area (Å²) in [7, 11) is 0. The first-order valence-electron chi connectivity index (χ1n) is 6.00. The summed E-state index contributed by atoms with van der Waals surface area (Å²) in [5.41, 5.74) is 7.99. The fourth-order valence-corrected chi connectivity index (χ4v) is 2.65. The maximum atomic E-state index is 10.3. The fourth-order valence-electron chi connectivity index (χ4n) is 1.96. The van der Waals surface area contributed by atoms with Crippen LogP contribution in [0.15, 0.2) is 53.0 Å². The number of hydrogen-bond acceptors (Lipinski definition) is 2. The highest BCUT2D eigenvalue weighted by Crippen LogP contribution is 2.28. The van der Waals surface area contributed by atoms with Gasteiger partial charge in [0.05, 0.1) is 12.1 Å². The van der Waals surface area contributed by atoms with Crippen LogP contribution < -0.4 is 5.73 Å². The van der Waals surface area contributed by atoms with Gasteiger partial charge in [0.25, 0.3) is 0 Å². The van der Waals surface area contributed by atoms with E-state index in [1.54, 1.807) is 12.1 Å². The number of halogens is 3. The first kappa shape index (κ1) is 17.5. The van der Waals surface area contributed by atoms with E-state index < -0.39 is 12.1 Å². The van der Waals surface area contributed by atoms with Gasteiger partial charge in [-0.3, -0.25) is 0 Å². The van der Waals surface area contributed by atoms with Crippen LogP contribution in [0.2, 0.25) is 5.02 Å². The van der Waals surface area contributed by atoms with E-state index in [9.17, 15) is 5.11 Å². The summed E-state index contributed by atoms with van der Waals surface area (Å²) in [6.45, 7) is 0. The molecule has 3 N–H and O–H groups in total. The van der Waals surface area contributed by atoms with Crippen LogP contribution in [-0.4, -0.2) is 11.2 Å². The summed E-state index contributed by atoms with van der Waals surface area (Å²) < 4.78 is 0.858. The molecule has 0 aliphatic carbocycles. The van der Waals surface area contributed by atoms with Crippen molar-refractivity contribution in [3.8, 4) is 0 Å². The number of aliphatic hydroxyl groups excluding tert-OH is 1. The normalized spacial score (nSPS) is 13.4. The lowest BCUT2D eigenvalue weighted by Crippen LogP contribution is -2.28. The summed E-state index contributed by atoms with van der Waals surface area (Å²) in [4.78, 5) is 0. The Labute approximate surface area is 138 Å². The van der Waals surface area contributed by atoms with Crippen molar-refractivity contribution in [2.75, 3.05) is 0 Å². The molecule has 2 atom stereocenters. The lowest BCUT2D eigenvalue weighted by molar-refractivity contribution is 0.145. The largest absolute Gasteiger partial charge is 0.391 e. The minimum absolute atomic E-state index is 0. The molecule has 0 heterocycles. The van der Waals surface area contributed by atoms with Gasteiger partial charge in [-0.2, -0.15) is 0 Å². The predicted octanol–water partition coefficient (Wildman–Crippen LogP) is 4.13. The Bertz CT molecular complexity index is 551. The number of rotatable bonds is 4. The van der Waals surface area contributed by atoms with Gasteiger partial charge in [-0.1, -0.05) is 57.9 Å². The van der Waals surface area contributed by atoms with Gasteiger partial charge < -0.3 is 10.8 Å². The number of hydrogen-bond donors (Lipinski definition) is 2. The van der Waals surface area contributed by atoms with Crippen molar-refractivity contribution in [2.24, 2.45) is 5.73 Å². The van der Waals surface area contributed by atoms with E-state index in [4.69, 9.17) is 17.3 Å². The van der Waals surface area contributed by atoms with Crippen molar-refractivity contribution >= 4 is 39.9 Å². The third kappa shape index (κ3) is 4.47. The molecule has 0 saturated carbocycles. The van der Waals surface area contributed by atoms with Crippen molar-refractivity contribution in [2.45, 2.75) is 18.6 Å². The van der Waals surface area contributed by atoms with E-state index in [-0.39, 0.29) is 12.4 Å². The molecular weight excluding hydrogens is 361 g/mol. The highest BCUT2D eigenvalue weighted by atomic mass is 79.9. The first-order chi connectivity index (χ1) is 9.08. The number of aliphatic hydroxyl groups is 1. The Balaban J connectivity index is 0.00000200. The zero-order valence-electron chi connectivity index (χ0n) is 10.7. The van der Waals surface area contributed by atoms with Crippen LogP contribution in [0.4, 0.5) is 0 Å². The zero-order chi connectivity index (χ0) is 13.8. The van der Waals surface area contributed by atoms with Gasteiger partial charge in [0.15, 0.2) is 0 Å². The molecular formula is C15H16BrCl2NO. The summed E-state index contributed by atoms with van der Waals surface area (Å²) in [6, 6.07) is 14.7. The Morgan fingerprint density at radius 2 is 1.80 bits per heavy atom. The molecule has 0 aliphatic rings. The molecule has 0 bridgehead atoms. The monoisotopic (exact) mass is 375 g/mol. The molecule has 2 aromatic carbocycles. The summed E-state index contributed by atoms with van der Waals surface area (Å²) in [5.74, 6) is 0. The van der Waals surface area contributed by atoms with Crippen LogP contribution in [0.1, 0.15) is 17.2 Å². The van der Waals surface area contributed by atoms with Crippen molar-refractivity contribution in [3.05, 3.63) is 69.2 Å². The average Bonchev–Trinajstić information content (AvgIpc) is 2.42. The molecule has 0 radical (unpaired) electrons. The van der Waals surface area contributed by atoms with E-state index in [2.05, 4.69) is 15.9 Å². The van der Waals surface area contributed by atoms with Crippen LogP contribution >= 0.6 is 39.9 Å². The molecule has 0 aromatic heterocycles. The molecule has 0 amide bonds. The third-order valence-electron chi connectivity index (χ3n) is 3.02. The van der Waals surface area contributed by atoms with Crippen molar-refractivity contribution in [1.29, 1.82) is 0 Å². The topological polar surface area (TPSA) is 46.2 Å². The van der Waals surface area contributed by atoms with Gasteiger partial charge in [0, 0.05) is 15.9 Å². The summed E-state index contributed by atoms with van der Waals surface area (Å²) >= 11 is 9.40. The maximum absolute atomic E-state index is 10.3. The summed E-state index contributed by atoms with van der Waals surface area (Å²) in [6.07, 6.45) is -0.141. The van der Waals surface area contributed by atoms with E-state index >= 15 is 0 Å². The van der Waals surface area contributed by atoms with Crippen LogP contribution in [0.25, 0.3) is 0 Å². The second-order valence-electron chi connectivity index (χ2n) is 4.45. The van der Waals surface area contributed by atoms with Gasteiger partial charge >= 0.3 is 0 Å². The Hall–Kier alpha value is -0.580. The fraction of sp³-hybridized carbons (Fsp3) is 0.200. The van der Waals surface area contributed by atoms with Crippen LogP contribution in [0, 0.1) is 0 Å². The van der Waals surface area contributed by atoms with Crippen LogP contribution in [0.5, 0.6) is 0 Å². The molecule has 20 heavy (non-hydrogen) atoms. The highest BCUT2D eigenvalue weighted by Gasteiger charge is 2.19. The quantitative estimate of drug-likeness (QED) is 0.842. The maximum Gasteiger partial charge on any atom is 0.0773 e. The predicted molar refractivity (Wildman–Crippen MR) is 89.5 cm³/mol. The third-order valence-corrected chi connectivity index (χ3v) is 3.98.